The van der Waals surface area contributed by atoms with Gasteiger partial charge in [-0.25, -0.2) is 0 Å². The van der Waals surface area contributed by atoms with Crippen LogP contribution < -0.4 is 4.74 Å². The Hall–Kier alpha value is -3.41. The van der Waals surface area contributed by atoms with Crippen molar-refractivity contribution in [3.8, 4) is 5.75 Å². The number of piperazine rings is 1. The van der Waals surface area contributed by atoms with Crippen molar-refractivity contribution >= 4 is 12.0 Å². The summed E-state index contributed by atoms with van der Waals surface area (Å²) in [6.07, 6.45) is 3.44. The van der Waals surface area contributed by atoms with Crippen LogP contribution in [0.3, 0.4) is 0 Å². The van der Waals surface area contributed by atoms with Crippen LogP contribution in [0.4, 0.5) is 0 Å². The smallest absolute Gasteiger partial charge is 0.246 e. The summed E-state index contributed by atoms with van der Waals surface area (Å²) < 4.78 is 11.5. The highest BCUT2D eigenvalue weighted by atomic mass is 16.5. The van der Waals surface area contributed by atoms with Crippen LogP contribution in [0.25, 0.3) is 6.08 Å². The molecule has 1 aliphatic heterocycles. The number of amides is 1. The van der Waals surface area contributed by atoms with E-state index < -0.39 is 0 Å². The van der Waals surface area contributed by atoms with Crippen molar-refractivity contribution in [3.05, 3.63) is 108 Å². The summed E-state index contributed by atoms with van der Waals surface area (Å²) in [6.45, 7) is 4.65. The predicted octanol–water partition coefficient (Wildman–Crippen LogP) is 4.66. The molecule has 1 fully saturated rings. The third kappa shape index (κ3) is 6.56. The first-order chi connectivity index (χ1) is 16.7. The van der Waals surface area contributed by atoms with Gasteiger partial charge in [0.15, 0.2) is 0 Å². The van der Waals surface area contributed by atoms with Gasteiger partial charge in [0.2, 0.25) is 5.91 Å². The number of carbonyl (C=O) groups is 1. The number of rotatable bonds is 9. The van der Waals surface area contributed by atoms with E-state index in [2.05, 4.69) is 29.2 Å². The zero-order chi connectivity index (χ0) is 23.6. The van der Waals surface area contributed by atoms with Crippen LogP contribution in [0, 0.1) is 0 Å². The zero-order valence-electron chi connectivity index (χ0n) is 19.7. The SMILES string of the molecule is COc1ccc(/C=C/C(=O)N2CCN(CCOC(c3ccccc3)c3ccccc3)CC2)cc1. The Morgan fingerprint density at radius 1 is 0.853 bits per heavy atom. The number of methoxy groups -OCH3 is 1. The summed E-state index contributed by atoms with van der Waals surface area (Å²) in [5.41, 5.74) is 3.30. The Kier molecular flexibility index (Phi) is 8.49. The van der Waals surface area contributed by atoms with Gasteiger partial charge in [-0.3, -0.25) is 9.69 Å². The van der Waals surface area contributed by atoms with Crippen LogP contribution in [-0.2, 0) is 9.53 Å². The number of hydrogen-bond donors (Lipinski definition) is 0. The van der Waals surface area contributed by atoms with E-state index in [-0.39, 0.29) is 12.0 Å². The summed E-state index contributed by atoms with van der Waals surface area (Å²) in [4.78, 5) is 16.9. The Balaban J connectivity index is 1.24. The molecule has 34 heavy (non-hydrogen) atoms. The van der Waals surface area contributed by atoms with Gasteiger partial charge in [-0.2, -0.15) is 0 Å². The summed E-state index contributed by atoms with van der Waals surface area (Å²) in [5.74, 6) is 0.863. The van der Waals surface area contributed by atoms with Crippen molar-refractivity contribution in [2.24, 2.45) is 0 Å². The van der Waals surface area contributed by atoms with Crippen molar-refractivity contribution in [2.75, 3.05) is 46.4 Å². The summed E-state index contributed by atoms with van der Waals surface area (Å²) in [6, 6.07) is 28.4. The monoisotopic (exact) mass is 456 g/mol. The molecule has 5 nitrogen and oxygen atoms in total. The largest absolute Gasteiger partial charge is 0.497 e. The Morgan fingerprint density at radius 3 is 2.00 bits per heavy atom. The number of benzene rings is 3. The van der Waals surface area contributed by atoms with Crippen molar-refractivity contribution < 1.29 is 14.3 Å². The van der Waals surface area contributed by atoms with Crippen molar-refractivity contribution in [1.82, 2.24) is 9.80 Å². The first kappa shape index (κ1) is 23.7. The lowest BCUT2D eigenvalue weighted by atomic mass is 10.0. The molecule has 0 radical (unpaired) electrons. The average Bonchev–Trinajstić information content (AvgIpc) is 2.91. The van der Waals surface area contributed by atoms with E-state index in [9.17, 15) is 4.79 Å². The number of ether oxygens (including phenoxy) is 2. The van der Waals surface area contributed by atoms with E-state index in [1.54, 1.807) is 13.2 Å². The molecular formula is C29H32N2O3. The van der Waals surface area contributed by atoms with Crippen LogP contribution in [0.5, 0.6) is 5.75 Å². The number of nitrogens with zero attached hydrogens (tertiary/aromatic N) is 2. The van der Waals surface area contributed by atoms with Gasteiger partial charge in [0, 0.05) is 38.8 Å². The van der Waals surface area contributed by atoms with E-state index in [1.807, 2.05) is 71.6 Å². The van der Waals surface area contributed by atoms with E-state index in [0.29, 0.717) is 6.61 Å². The van der Waals surface area contributed by atoms with Gasteiger partial charge in [-0.15, -0.1) is 0 Å². The fourth-order valence-electron chi connectivity index (χ4n) is 4.12. The third-order valence-corrected chi connectivity index (χ3v) is 6.11. The molecule has 1 saturated heterocycles. The van der Waals surface area contributed by atoms with Crippen LogP contribution >= 0.6 is 0 Å². The van der Waals surface area contributed by atoms with Crippen LogP contribution in [0.15, 0.2) is 91.0 Å². The van der Waals surface area contributed by atoms with Crippen LogP contribution in [0.1, 0.15) is 22.8 Å². The Morgan fingerprint density at radius 2 is 1.44 bits per heavy atom. The van der Waals surface area contributed by atoms with E-state index in [4.69, 9.17) is 9.47 Å². The van der Waals surface area contributed by atoms with Gasteiger partial charge in [-0.1, -0.05) is 72.8 Å². The second-order valence-corrected chi connectivity index (χ2v) is 8.35. The summed E-state index contributed by atoms with van der Waals surface area (Å²) >= 11 is 0. The van der Waals surface area contributed by atoms with Crippen LogP contribution in [0.2, 0.25) is 0 Å². The maximum atomic E-state index is 12.6. The topological polar surface area (TPSA) is 42.0 Å². The minimum Gasteiger partial charge on any atom is -0.497 e. The average molecular weight is 457 g/mol. The van der Waals surface area contributed by atoms with E-state index in [1.165, 1.54) is 0 Å². The number of carbonyl (C=O) groups excluding carboxylic acids is 1. The molecule has 0 saturated carbocycles. The number of hydrogen-bond acceptors (Lipinski definition) is 4. The van der Waals surface area contributed by atoms with Crippen molar-refractivity contribution in [3.63, 3.8) is 0 Å². The molecular weight excluding hydrogens is 424 g/mol. The molecule has 176 valence electrons. The highest BCUT2D eigenvalue weighted by Gasteiger charge is 2.20. The summed E-state index contributed by atoms with van der Waals surface area (Å²) in [5, 5.41) is 0. The van der Waals surface area contributed by atoms with E-state index >= 15 is 0 Å². The highest BCUT2D eigenvalue weighted by Crippen LogP contribution is 2.25. The third-order valence-electron chi connectivity index (χ3n) is 6.11. The van der Waals surface area contributed by atoms with Gasteiger partial charge in [-0.05, 0) is 34.9 Å². The summed E-state index contributed by atoms with van der Waals surface area (Å²) in [7, 11) is 1.64. The lowest BCUT2D eigenvalue weighted by molar-refractivity contribution is -0.127. The normalized spacial score (nSPS) is 14.6. The second kappa shape index (κ2) is 12.2. The first-order valence-electron chi connectivity index (χ1n) is 11.8. The van der Waals surface area contributed by atoms with Gasteiger partial charge < -0.3 is 14.4 Å². The molecule has 0 bridgehead atoms. The van der Waals surface area contributed by atoms with Gasteiger partial charge in [0.1, 0.15) is 11.9 Å². The lowest BCUT2D eigenvalue weighted by Gasteiger charge is -2.34. The predicted molar refractivity (Wildman–Crippen MR) is 136 cm³/mol. The van der Waals surface area contributed by atoms with Gasteiger partial charge in [0.05, 0.1) is 13.7 Å². The minimum atomic E-state index is -0.0756. The van der Waals surface area contributed by atoms with Crippen LogP contribution in [-0.4, -0.2) is 62.1 Å². The molecule has 0 spiro atoms. The first-order valence-corrected chi connectivity index (χ1v) is 11.8. The Bertz CT molecular complexity index is 1000. The zero-order valence-corrected chi connectivity index (χ0v) is 19.7. The quantitative estimate of drug-likeness (QED) is 0.439. The molecule has 0 atom stereocenters. The molecule has 1 heterocycles. The molecule has 1 aliphatic rings. The second-order valence-electron chi connectivity index (χ2n) is 8.35. The highest BCUT2D eigenvalue weighted by molar-refractivity contribution is 5.91. The van der Waals surface area contributed by atoms with Crippen molar-refractivity contribution in [2.45, 2.75) is 6.10 Å². The van der Waals surface area contributed by atoms with E-state index in [0.717, 1.165) is 55.2 Å². The molecule has 0 N–H and O–H groups in total. The van der Waals surface area contributed by atoms with Gasteiger partial charge >= 0.3 is 0 Å². The fourth-order valence-corrected chi connectivity index (χ4v) is 4.12. The van der Waals surface area contributed by atoms with Gasteiger partial charge in [0.25, 0.3) is 0 Å². The molecule has 1 amide bonds. The molecule has 0 aromatic heterocycles. The van der Waals surface area contributed by atoms with Crippen molar-refractivity contribution in [1.29, 1.82) is 0 Å². The maximum Gasteiger partial charge on any atom is 0.246 e. The molecule has 3 aromatic rings. The molecule has 5 heteroatoms. The molecule has 0 unspecified atom stereocenters. The standard InChI is InChI=1S/C29H32N2O3/c1-33-27-15-12-24(13-16-27)14-17-28(32)31-20-18-30(19-21-31)22-23-34-29(25-8-4-2-5-9-25)26-10-6-3-7-11-26/h2-17,29H,18-23H2,1H3/b17-14+. The molecule has 4 rings (SSSR count). The maximum absolute atomic E-state index is 12.6. The minimum absolute atomic E-state index is 0.0555. The molecule has 3 aromatic carbocycles. The Labute approximate surface area is 202 Å². The fraction of sp³-hybridized carbons (Fsp3) is 0.276. The molecule has 0 aliphatic carbocycles. The lowest BCUT2D eigenvalue weighted by Crippen LogP contribution is -2.49.